The Morgan fingerprint density at radius 3 is 2.46 bits per heavy atom. The van der Waals surface area contributed by atoms with Crippen molar-refractivity contribution in [3.8, 4) is 0 Å². The van der Waals surface area contributed by atoms with Gasteiger partial charge in [0.05, 0.1) is 6.10 Å². The van der Waals surface area contributed by atoms with Crippen molar-refractivity contribution >= 4 is 11.6 Å². The summed E-state index contributed by atoms with van der Waals surface area (Å²) in [6.07, 6.45) is 11.6. The zero-order valence-electron chi connectivity index (χ0n) is 17.6. The van der Waals surface area contributed by atoms with E-state index >= 15 is 0 Å². The van der Waals surface area contributed by atoms with Crippen LogP contribution in [0.1, 0.15) is 69.8 Å². The van der Waals surface area contributed by atoms with Crippen molar-refractivity contribution in [2.75, 3.05) is 25.5 Å². The first-order valence-corrected chi connectivity index (χ1v) is 11.2. The van der Waals surface area contributed by atoms with Gasteiger partial charge in [0.1, 0.15) is 5.54 Å². The Morgan fingerprint density at radius 2 is 1.75 bits per heavy atom. The number of hydrogen-bond donors (Lipinski definition) is 1. The average Bonchev–Trinajstić information content (AvgIpc) is 3.11. The molecule has 4 heteroatoms. The maximum atomic E-state index is 13.9. The third-order valence-corrected chi connectivity index (χ3v) is 7.56. The van der Waals surface area contributed by atoms with E-state index in [1.165, 1.54) is 31.2 Å². The van der Waals surface area contributed by atoms with E-state index in [0.29, 0.717) is 12.0 Å². The zero-order valence-corrected chi connectivity index (χ0v) is 17.6. The molecule has 0 bridgehead atoms. The maximum absolute atomic E-state index is 13.9. The van der Waals surface area contributed by atoms with Gasteiger partial charge >= 0.3 is 0 Å². The Hall–Kier alpha value is -1.55. The van der Waals surface area contributed by atoms with Crippen LogP contribution in [0.3, 0.4) is 0 Å². The fourth-order valence-corrected chi connectivity index (χ4v) is 6.04. The highest BCUT2D eigenvalue weighted by atomic mass is 16.5. The summed E-state index contributed by atoms with van der Waals surface area (Å²) in [5, 5.41) is 3.70. The maximum Gasteiger partial charge on any atom is 0.248 e. The molecule has 4 nitrogen and oxygen atoms in total. The molecule has 0 unspecified atom stereocenters. The van der Waals surface area contributed by atoms with Gasteiger partial charge in [-0.25, -0.2) is 0 Å². The molecule has 1 N–H and O–H groups in total. The molecule has 2 atom stereocenters. The number of piperidine rings is 1. The number of carbonyl (C=O) groups excluding carboxylic acids is 1. The summed E-state index contributed by atoms with van der Waals surface area (Å²) < 4.78 is 5.86. The standard InChI is InChI=1S/C24H36N2O2/c1-19-9-11-20(12-10-19)25-24(15-4-3-5-16-24)22(27)26-17-7-14-23(18-26)13-6-8-21(23)28-2/h9-12,21,25H,3-8,13-18H2,1-2H3/t21-,23+/m1/s1. The summed E-state index contributed by atoms with van der Waals surface area (Å²) in [7, 11) is 1.85. The van der Waals surface area contributed by atoms with E-state index in [1.54, 1.807) is 0 Å². The summed E-state index contributed by atoms with van der Waals surface area (Å²) in [4.78, 5) is 16.1. The molecule has 1 amide bonds. The van der Waals surface area contributed by atoms with Gasteiger partial charge in [0.2, 0.25) is 5.91 Å². The Balaban J connectivity index is 1.56. The normalized spacial score (nSPS) is 29.8. The van der Waals surface area contributed by atoms with Gasteiger partial charge in [-0.05, 0) is 57.6 Å². The Kier molecular flexibility index (Phi) is 5.69. The number of methoxy groups -OCH3 is 1. The molecule has 1 heterocycles. The minimum atomic E-state index is -0.437. The number of nitrogens with one attached hydrogen (secondary N) is 1. The lowest BCUT2D eigenvalue weighted by Gasteiger charge is -2.48. The summed E-state index contributed by atoms with van der Waals surface area (Å²) in [5.74, 6) is 0.327. The molecule has 3 aliphatic rings. The molecule has 4 rings (SSSR count). The quantitative estimate of drug-likeness (QED) is 0.801. The average molecular weight is 385 g/mol. The fourth-order valence-electron chi connectivity index (χ4n) is 6.04. The van der Waals surface area contributed by atoms with E-state index in [0.717, 1.165) is 57.3 Å². The van der Waals surface area contributed by atoms with Crippen LogP contribution in [-0.2, 0) is 9.53 Å². The lowest BCUT2D eigenvalue weighted by Crippen LogP contribution is -2.59. The molecule has 0 aromatic heterocycles. The van der Waals surface area contributed by atoms with E-state index in [4.69, 9.17) is 4.74 Å². The summed E-state index contributed by atoms with van der Waals surface area (Å²) >= 11 is 0. The van der Waals surface area contributed by atoms with Gasteiger partial charge in [-0.1, -0.05) is 43.4 Å². The van der Waals surface area contributed by atoms with Crippen LogP contribution >= 0.6 is 0 Å². The van der Waals surface area contributed by atoms with E-state index in [2.05, 4.69) is 41.4 Å². The van der Waals surface area contributed by atoms with Crippen molar-refractivity contribution in [1.29, 1.82) is 0 Å². The van der Waals surface area contributed by atoms with Crippen molar-refractivity contribution < 1.29 is 9.53 Å². The number of aryl methyl sites for hydroxylation is 1. The van der Waals surface area contributed by atoms with Gasteiger partial charge in [-0.15, -0.1) is 0 Å². The van der Waals surface area contributed by atoms with Crippen LogP contribution in [0.2, 0.25) is 0 Å². The van der Waals surface area contributed by atoms with Crippen molar-refractivity contribution in [3.05, 3.63) is 29.8 Å². The summed E-state index contributed by atoms with van der Waals surface area (Å²) in [6, 6.07) is 8.49. The molecule has 1 aromatic carbocycles. The topological polar surface area (TPSA) is 41.6 Å². The predicted molar refractivity (Wildman–Crippen MR) is 114 cm³/mol. The van der Waals surface area contributed by atoms with Crippen molar-refractivity contribution in [2.24, 2.45) is 5.41 Å². The number of rotatable bonds is 4. The molecule has 1 saturated heterocycles. The second-order valence-corrected chi connectivity index (χ2v) is 9.44. The molecule has 3 fully saturated rings. The van der Waals surface area contributed by atoms with Gasteiger partial charge < -0.3 is 15.0 Å². The predicted octanol–water partition coefficient (Wildman–Crippen LogP) is 4.92. The fraction of sp³-hybridized carbons (Fsp3) is 0.708. The number of benzene rings is 1. The summed E-state index contributed by atoms with van der Waals surface area (Å²) in [6.45, 7) is 3.88. The van der Waals surface area contributed by atoms with Crippen molar-refractivity contribution in [3.63, 3.8) is 0 Å². The second-order valence-electron chi connectivity index (χ2n) is 9.44. The van der Waals surface area contributed by atoms with Crippen LogP contribution < -0.4 is 5.32 Å². The Bertz CT molecular complexity index is 680. The number of carbonyl (C=O) groups is 1. The second kappa shape index (κ2) is 8.06. The molecule has 1 spiro atoms. The summed E-state index contributed by atoms with van der Waals surface area (Å²) in [5.41, 5.74) is 2.07. The van der Waals surface area contributed by atoms with Crippen LogP contribution in [0.5, 0.6) is 0 Å². The molecule has 1 aromatic rings. The number of amides is 1. The SMILES string of the molecule is CO[C@@H]1CCC[C@@]12CCCN(C(=O)C1(Nc3ccc(C)cc3)CCCCC1)C2. The first-order valence-electron chi connectivity index (χ1n) is 11.2. The smallest absolute Gasteiger partial charge is 0.248 e. The van der Waals surface area contributed by atoms with Crippen LogP contribution in [0.15, 0.2) is 24.3 Å². The van der Waals surface area contributed by atoms with Gasteiger partial charge in [-0.2, -0.15) is 0 Å². The van der Waals surface area contributed by atoms with Crippen LogP contribution in [-0.4, -0.2) is 42.6 Å². The molecular weight excluding hydrogens is 348 g/mol. The largest absolute Gasteiger partial charge is 0.381 e. The minimum absolute atomic E-state index is 0.183. The van der Waals surface area contributed by atoms with Crippen LogP contribution in [0.25, 0.3) is 0 Å². The highest BCUT2D eigenvalue weighted by Gasteiger charge is 2.50. The number of likely N-dealkylation sites (tertiary alicyclic amines) is 1. The van der Waals surface area contributed by atoms with E-state index in [-0.39, 0.29) is 5.41 Å². The van der Waals surface area contributed by atoms with Crippen molar-refractivity contribution in [1.82, 2.24) is 4.90 Å². The Labute approximate surface area is 170 Å². The minimum Gasteiger partial charge on any atom is -0.381 e. The molecule has 1 aliphatic heterocycles. The van der Waals surface area contributed by atoms with E-state index in [9.17, 15) is 4.79 Å². The van der Waals surface area contributed by atoms with E-state index < -0.39 is 5.54 Å². The molecule has 0 radical (unpaired) electrons. The molecular formula is C24H36N2O2. The highest BCUT2D eigenvalue weighted by molar-refractivity contribution is 5.89. The number of nitrogens with zero attached hydrogens (tertiary/aromatic N) is 1. The third-order valence-electron chi connectivity index (χ3n) is 7.56. The number of anilines is 1. The lowest BCUT2D eigenvalue weighted by atomic mass is 9.74. The van der Waals surface area contributed by atoms with Crippen LogP contribution in [0, 0.1) is 12.3 Å². The van der Waals surface area contributed by atoms with Gasteiger partial charge in [0, 0.05) is 31.3 Å². The molecule has 154 valence electrons. The van der Waals surface area contributed by atoms with Crippen LogP contribution in [0.4, 0.5) is 5.69 Å². The van der Waals surface area contributed by atoms with Gasteiger partial charge in [0.15, 0.2) is 0 Å². The highest BCUT2D eigenvalue weighted by Crippen LogP contribution is 2.47. The number of ether oxygens (including phenoxy) is 1. The lowest BCUT2D eigenvalue weighted by molar-refractivity contribution is -0.143. The molecule has 28 heavy (non-hydrogen) atoms. The third kappa shape index (κ3) is 3.68. The first kappa shape index (κ1) is 19.8. The van der Waals surface area contributed by atoms with Crippen molar-refractivity contribution in [2.45, 2.75) is 82.8 Å². The van der Waals surface area contributed by atoms with Gasteiger partial charge in [-0.3, -0.25) is 4.79 Å². The Morgan fingerprint density at radius 1 is 1.04 bits per heavy atom. The zero-order chi connectivity index (χ0) is 19.6. The molecule has 2 saturated carbocycles. The molecule has 2 aliphatic carbocycles. The first-order chi connectivity index (χ1) is 13.6. The van der Waals surface area contributed by atoms with E-state index in [1.807, 2.05) is 7.11 Å². The monoisotopic (exact) mass is 384 g/mol. The number of hydrogen-bond acceptors (Lipinski definition) is 3. The van der Waals surface area contributed by atoms with Gasteiger partial charge in [0.25, 0.3) is 0 Å².